The summed E-state index contributed by atoms with van der Waals surface area (Å²) in [6, 6.07) is 3.92. The molecule has 2 heterocycles. The zero-order valence-corrected chi connectivity index (χ0v) is 19.3. The van der Waals surface area contributed by atoms with Crippen LogP contribution in [0.5, 0.6) is 11.5 Å². The maximum absolute atomic E-state index is 6.28. The first-order chi connectivity index (χ1) is 12.7. The van der Waals surface area contributed by atoms with Crippen LogP contribution in [0.4, 0.5) is 0 Å². The summed E-state index contributed by atoms with van der Waals surface area (Å²) < 4.78 is 11.2. The van der Waals surface area contributed by atoms with E-state index in [4.69, 9.17) is 21.1 Å². The van der Waals surface area contributed by atoms with E-state index in [1.807, 2.05) is 19.1 Å². The van der Waals surface area contributed by atoms with Crippen LogP contribution >= 0.6 is 46.9 Å². The van der Waals surface area contributed by atoms with Crippen LogP contribution in [-0.4, -0.2) is 44.3 Å². The van der Waals surface area contributed by atoms with Crippen LogP contribution in [0.3, 0.4) is 0 Å². The lowest BCUT2D eigenvalue weighted by Crippen LogP contribution is -2.39. The van der Waals surface area contributed by atoms with E-state index in [-0.39, 0.29) is 24.0 Å². The predicted molar refractivity (Wildman–Crippen MR) is 121 cm³/mol. The van der Waals surface area contributed by atoms with Crippen LogP contribution in [0, 0.1) is 6.92 Å². The summed E-state index contributed by atoms with van der Waals surface area (Å²) in [6.45, 7) is 4.65. The van der Waals surface area contributed by atoms with Gasteiger partial charge in [-0.25, -0.2) is 4.98 Å². The quantitative estimate of drug-likeness (QED) is 0.346. The summed E-state index contributed by atoms with van der Waals surface area (Å²) >= 11 is 7.95. The molecule has 9 heteroatoms. The van der Waals surface area contributed by atoms with Gasteiger partial charge in [0.15, 0.2) is 17.5 Å². The number of aromatic nitrogens is 1. The second-order valence-electron chi connectivity index (χ2n) is 5.89. The molecule has 6 nitrogen and oxygen atoms in total. The lowest BCUT2D eigenvalue weighted by molar-refractivity contribution is 0.171. The highest BCUT2D eigenvalue weighted by molar-refractivity contribution is 14.0. The zero-order valence-electron chi connectivity index (χ0n) is 15.4. The first-order valence-corrected chi connectivity index (χ1v) is 9.85. The molecule has 1 aromatic heterocycles. The fourth-order valence-corrected chi connectivity index (χ4v) is 3.62. The van der Waals surface area contributed by atoms with Gasteiger partial charge in [0.2, 0.25) is 0 Å². The average molecular weight is 523 g/mol. The third-order valence-electron chi connectivity index (χ3n) is 3.93. The number of guanidine groups is 1. The van der Waals surface area contributed by atoms with Gasteiger partial charge in [0.25, 0.3) is 0 Å². The van der Waals surface area contributed by atoms with Gasteiger partial charge in [-0.2, -0.15) is 0 Å². The minimum atomic E-state index is 0. The van der Waals surface area contributed by atoms with E-state index in [0.29, 0.717) is 24.0 Å². The molecule has 2 aromatic rings. The monoisotopic (exact) mass is 522 g/mol. The van der Waals surface area contributed by atoms with Crippen molar-refractivity contribution in [3.63, 3.8) is 0 Å². The SMILES string of the molecule is CN=C(NCCc1cc(Cl)c2c(c1)OCCO2)NCCc1csc(C)n1.I. The molecular weight excluding hydrogens is 499 g/mol. The fourth-order valence-electron chi connectivity index (χ4n) is 2.69. The van der Waals surface area contributed by atoms with Crippen molar-refractivity contribution in [3.8, 4) is 11.5 Å². The predicted octanol–water partition coefficient (Wildman–Crippen LogP) is 3.44. The normalized spacial score (nSPS) is 13.1. The Morgan fingerprint density at radius 2 is 1.96 bits per heavy atom. The molecule has 0 unspecified atom stereocenters. The number of aliphatic imine (C=N–C) groups is 1. The van der Waals surface area contributed by atoms with E-state index in [1.54, 1.807) is 18.4 Å². The number of nitrogens with zero attached hydrogens (tertiary/aromatic N) is 2. The van der Waals surface area contributed by atoms with Gasteiger partial charge in [0, 0.05) is 31.9 Å². The molecule has 0 spiro atoms. The topological polar surface area (TPSA) is 67.8 Å². The van der Waals surface area contributed by atoms with Crippen molar-refractivity contribution in [1.29, 1.82) is 0 Å². The number of hydrogen-bond acceptors (Lipinski definition) is 5. The minimum Gasteiger partial charge on any atom is -0.486 e. The molecule has 1 aromatic carbocycles. The fraction of sp³-hybridized carbons (Fsp3) is 0.444. The van der Waals surface area contributed by atoms with Crippen LogP contribution in [0.15, 0.2) is 22.5 Å². The molecule has 0 radical (unpaired) electrons. The van der Waals surface area contributed by atoms with Crippen molar-refractivity contribution in [2.45, 2.75) is 19.8 Å². The van der Waals surface area contributed by atoms with Crippen LogP contribution in [0.1, 0.15) is 16.3 Å². The molecule has 3 rings (SSSR count). The summed E-state index contributed by atoms with van der Waals surface area (Å²) in [6.07, 6.45) is 1.69. The van der Waals surface area contributed by atoms with Gasteiger partial charge < -0.3 is 20.1 Å². The van der Waals surface area contributed by atoms with Crippen LogP contribution in [-0.2, 0) is 12.8 Å². The minimum absolute atomic E-state index is 0. The number of ether oxygens (including phenoxy) is 2. The molecule has 0 fully saturated rings. The number of aryl methyl sites for hydroxylation is 1. The number of benzene rings is 1. The number of halogens is 2. The number of fused-ring (bicyclic) bond motifs is 1. The van der Waals surface area contributed by atoms with Crippen LogP contribution in [0.25, 0.3) is 0 Å². The molecule has 1 aliphatic rings. The van der Waals surface area contributed by atoms with Gasteiger partial charge >= 0.3 is 0 Å². The first-order valence-electron chi connectivity index (χ1n) is 8.59. The zero-order chi connectivity index (χ0) is 18.4. The van der Waals surface area contributed by atoms with E-state index in [0.717, 1.165) is 53.9 Å². The molecule has 148 valence electrons. The molecule has 27 heavy (non-hydrogen) atoms. The summed E-state index contributed by atoms with van der Waals surface area (Å²) in [4.78, 5) is 8.71. The van der Waals surface area contributed by atoms with Crippen molar-refractivity contribution in [2.75, 3.05) is 33.4 Å². The van der Waals surface area contributed by atoms with Crippen molar-refractivity contribution in [2.24, 2.45) is 4.99 Å². The van der Waals surface area contributed by atoms with E-state index in [2.05, 4.69) is 26.0 Å². The number of rotatable bonds is 6. The highest BCUT2D eigenvalue weighted by Gasteiger charge is 2.16. The van der Waals surface area contributed by atoms with Crippen molar-refractivity contribution in [3.05, 3.63) is 38.8 Å². The Balaban J connectivity index is 0.00000261. The van der Waals surface area contributed by atoms with Crippen molar-refractivity contribution in [1.82, 2.24) is 15.6 Å². The second kappa shape index (κ2) is 10.9. The third kappa shape index (κ3) is 6.39. The first kappa shape index (κ1) is 22.0. The standard InChI is InChI=1S/C18H23ClN4O2S.HI/c1-12-23-14(11-26-12)4-6-22-18(20-2)21-5-3-13-9-15(19)17-16(10-13)24-7-8-25-17;/h9-11H,3-8H2,1-2H3,(H2,20,21,22);1H. The van der Waals surface area contributed by atoms with Crippen molar-refractivity contribution >= 4 is 52.9 Å². The Morgan fingerprint density at radius 1 is 1.22 bits per heavy atom. The Kier molecular flexibility index (Phi) is 8.91. The van der Waals surface area contributed by atoms with Gasteiger partial charge in [0.1, 0.15) is 13.2 Å². The smallest absolute Gasteiger partial charge is 0.190 e. The molecule has 0 saturated heterocycles. The van der Waals surface area contributed by atoms with Crippen LogP contribution < -0.4 is 20.1 Å². The van der Waals surface area contributed by atoms with Gasteiger partial charge in [-0.15, -0.1) is 35.3 Å². The second-order valence-corrected chi connectivity index (χ2v) is 7.35. The van der Waals surface area contributed by atoms with Gasteiger partial charge in [-0.05, 0) is 31.0 Å². The van der Waals surface area contributed by atoms with E-state index >= 15 is 0 Å². The summed E-state index contributed by atoms with van der Waals surface area (Å²) in [7, 11) is 1.77. The van der Waals surface area contributed by atoms with Gasteiger partial charge in [-0.3, -0.25) is 4.99 Å². The molecule has 0 atom stereocenters. The average Bonchev–Trinajstić information content (AvgIpc) is 3.05. The molecule has 1 aliphatic heterocycles. The maximum Gasteiger partial charge on any atom is 0.190 e. The van der Waals surface area contributed by atoms with E-state index in [1.165, 1.54) is 0 Å². The molecule has 2 N–H and O–H groups in total. The molecule has 0 aliphatic carbocycles. The summed E-state index contributed by atoms with van der Waals surface area (Å²) in [5.74, 6) is 2.14. The Bertz CT molecular complexity index is 785. The van der Waals surface area contributed by atoms with E-state index < -0.39 is 0 Å². The van der Waals surface area contributed by atoms with Crippen LogP contribution in [0.2, 0.25) is 5.02 Å². The highest BCUT2D eigenvalue weighted by atomic mass is 127. The molecule has 0 bridgehead atoms. The highest BCUT2D eigenvalue weighted by Crippen LogP contribution is 2.38. The largest absolute Gasteiger partial charge is 0.486 e. The lowest BCUT2D eigenvalue weighted by atomic mass is 10.1. The Morgan fingerprint density at radius 3 is 2.67 bits per heavy atom. The Hall–Kier alpha value is -1.26. The molecule has 0 amide bonds. The number of nitrogens with one attached hydrogen (secondary N) is 2. The molecular formula is C18H24ClIN4O2S. The molecule has 0 saturated carbocycles. The van der Waals surface area contributed by atoms with Gasteiger partial charge in [-0.1, -0.05) is 11.6 Å². The number of hydrogen-bond donors (Lipinski definition) is 2. The maximum atomic E-state index is 6.28. The summed E-state index contributed by atoms with van der Waals surface area (Å²) in [5, 5.41) is 10.4. The number of thiazole rings is 1. The third-order valence-corrected chi connectivity index (χ3v) is 5.03. The van der Waals surface area contributed by atoms with E-state index in [9.17, 15) is 0 Å². The van der Waals surface area contributed by atoms with Gasteiger partial charge in [0.05, 0.1) is 15.7 Å². The Labute approximate surface area is 185 Å². The lowest BCUT2D eigenvalue weighted by Gasteiger charge is -2.20. The summed E-state index contributed by atoms with van der Waals surface area (Å²) in [5.41, 5.74) is 2.21. The van der Waals surface area contributed by atoms with Crippen molar-refractivity contribution < 1.29 is 9.47 Å².